The molecule has 0 aliphatic rings. The Balaban J connectivity index is 1.80. The van der Waals surface area contributed by atoms with Gasteiger partial charge in [0.15, 0.2) is 16.0 Å². The van der Waals surface area contributed by atoms with Gasteiger partial charge in [-0.15, -0.1) is 11.3 Å². The molecule has 29 heavy (non-hydrogen) atoms. The van der Waals surface area contributed by atoms with Gasteiger partial charge in [-0.05, 0) is 12.1 Å². The number of rotatable bonds is 5. The summed E-state index contributed by atoms with van der Waals surface area (Å²) in [4.78, 5) is 34.4. The van der Waals surface area contributed by atoms with Gasteiger partial charge in [0.1, 0.15) is 5.82 Å². The number of amides is 1. The van der Waals surface area contributed by atoms with Crippen LogP contribution in [0, 0.1) is 5.82 Å². The van der Waals surface area contributed by atoms with E-state index in [1.165, 1.54) is 25.1 Å². The molecule has 0 radical (unpaired) electrons. The van der Waals surface area contributed by atoms with Crippen LogP contribution in [0.15, 0.2) is 45.7 Å². The Hall–Kier alpha value is -2.73. The van der Waals surface area contributed by atoms with Gasteiger partial charge in [-0.3, -0.25) is 14.5 Å². The fraction of sp³-hybridized carbons (Fsp3) is 0.176. The van der Waals surface area contributed by atoms with Crippen LogP contribution < -0.4 is 10.5 Å². The molecule has 12 heteroatoms. The number of carbonyl (C=O) groups is 1. The highest BCUT2D eigenvalue weighted by atomic mass is 32.2. The lowest BCUT2D eigenvalue weighted by molar-refractivity contribution is -0.141. The van der Waals surface area contributed by atoms with Gasteiger partial charge in [0.2, 0.25) is 5.91 Å². The quantitative estimate of drug-likeness (QED) is 0.359. The number of H-pyrrole nitrogens is 1. The van der Waals surface area contributed by atoms with E-state index in [1.54, 1.807) is 11.4 Å². The van der Waals surface area contributed by atoms with E-state index in [1.807, 2.05) is 0 Å². The zero-order valence-electron chi connectivity index (χ0n) is 14.7. The van der Waals surface area contributed by atoms with Gasteiger partial charge in [0.25, 0.3) is 5.56 Å². The first kappa shape index (κ1) is 21.0. The number of anilines is 2. The van der Waals surface area contributed by atoms with E-state index in [0.717, 1.165) is 28.0 Å². The van der Waals surface area contributed by atoms with Crippen LogP contribution >= 0.6 is 23.1 Å². The van der Waals surface area contributed by atoms with Gasteiger partial charge in [0.05, 0.1) is 11.4 Å². The van der Waals surface area contributed by atoms with E-state index in [0.29, 0.717) is 11.8 Å². The third kappa shape index (κ3) is 5.01. The first-order valence-electron chi connectivity index (χ1n) is 7.96. The standard InChI is InChI=1S/C17H12F4N4O2S2/c1-9(26)25(12-5-3-2-4-11(12)18)16-22-10(8-29-16)7-28-15-23-13(17(19,20)21)6-14(27)24-15/h2-6,8H,7H2,1H3,(H,23,24,27). The minimum Gasteiger partial charge on any atom is -0.301 e. The summed E-state index contributed by atoms with van der Waals surface area (Å²) in [6.45, 7) is 1.26. The maximum absolute atomic E-state index is 14.1. The Morgan fingerprint density at radius 3 is 2.66 bits per heavy atom. The van der Waals surface area contributed by atoms with E-state index in [2.05, 4.69) is 15.0 Å². The van der Waals surface area contributed by atoms with E-state index in [4.69, 9.17) is 0 Å². The van der Waals surface area contributed by atoms with Gasteiger partial charge < -0.3 is 4.98 Å². The highest BCUT2D eigenvalue weighted by Gasteiger charge is 2.33. The van der Waals surface area contributed by atoms with E-state index in [-0.39, 0.29) is 21.7 Å². The average molecular weight is 444 g/mol. The van der Waals surface area contributed by atoms with Crippen LogP contribution in [-0.2, 0) is 16.7 Å². The van der Waals surface area contributed by atoms with Gasteiger partial charge in [0, 0.05) is 24.1 Å². The monoisotopic (exact) mass is 444 g/mol. The molecule has 1 aromatic carbocycles. The number of thioether (sulfide) groups is 1. The zero-order valence-corrected chi connectivity index (χ0v) is 16.3. The molecule has 1 N–H and O–H groups in total. The Morgan fingerprint density at radius 2 is 2.00 bits per heavy atom. The number of carbonyl (C=O) groups excluding carboxylic acids is 1. The van der Waals surface area contributed by atoms with Crippen molar-refractivity contribution in [2.45, 2.75) is 24.0 Å². The number of alkyl halides is 3. The molecule has 0 aliphatic heterocycles. The minimum absolute atomic E-state index is 0.0393. The number of hydrogen-bond donors (Lipinski definition) is 1. The highest BCUT2D eigenvalue weighted by Crippen LogP contribution is 2.32. The molecule has 1 amide bonds. The second-order valence-corrected chi connectivity index (χ2v) is 7.45. The first-order chi connectivity index (χ1) is 13.6. The van der Waals surface area contributed by atoms with Crippen LogP contribution in [0.5, 0.6) is 0 Å². The average Bonchev–Trinajstić information content (AvgIpc) is 3.09. The molecule has 0 fully saturated rings. The molecule has 0 aliphatic carbocycles. The minimum atomic E-state index is -4.74. The molecule has 0 bridgehead atoms. The number of nitrogens with zero attached hydrogens (tertiary/aromatic N) is 3. The lowest BCUT2D eigenvalue weighted by atomic mass is 10.3. The second kappa shape index (κ2) is 8.33. The third-order valence-electron chi connectivity index (χ3n) is 3.51. The van der Waals surface area contributed by atoms with Crippen LogP contribution in [0.1, 0.15) is 18.3 Å². The van der Waals surface area contributed by atoms with Crippen molar-refractivity contribution in [3.05, 3.63) is 63.3 Å². The lowest BCUT2D eigenvalue weighted by Crippen LogP contribution is -2.23. The van der Waals surface area contributed by atoms with Crippen LogP contribution in [0.4, 0.5) is 28.4 Å². The van der Waals surface area contributed by atoms with E-state index in [9.17, 15) is 27.2 Å². The van der Waals surface area contributed by atoms with Gasteiger partial charge in [-0.2, -0.15) is 13.2 Å². The van der Waals surface area contributed by atoms with Crippen LogP contribution in [-0.4, -0.2) is 20.9 Å². The predicted octanol–water partition coefficient (Wildman–Crippen LogP) is 4.36. The summed E-state index contributed by atoms with van der Waals surface area (Å²) in [7, 11) is 0. The number of halogens is 4. The van der Waals surface area contributed by atoms with Gasteiger partial charge in [-0.1, -0.05) is 23.9 Å². The maximum Gasteiger partial charge on any atom is 0.433 e. The molecule has 0 unspecified atom stereocenters. The van der Waals surface area contributed by atoms with Crippen molar-refractivity contribution in [3.63, 3.8) is 0 Å². The Labute approximate surface area is 169 Å². The molecular formula is C17H12F4N4O2S2. The molecule has 0 spiro atoms. The maximum atomic E-state index is 14.1. The number of hydrogen-bond acceptors (Lipinski definition) is 6. The molecule has 3 aromatic rings. The molecular weight excluding hydrogens is 432 g/mol. The molecule has 0 atom stereocenters. The third-order valence-corrected chi connectivity index (χ3v) is 5.29. The molecule has 0 saturated carbocycles. The fourth-order valence-electron chi connectivity index (χ4n) is 2.30. The lowest BCUT2D eigenvalue weighted by Gasteiger charge is -2.18. The number of aromatic nitrogens is 3. The van der Waals surface area contributed by atoms with Crippen molar-refractivity contribution in [1.29, 1.82) is 0 Å². The number of aromatic amines is 1. The van der Waals surface area contributed by atoms with Crippen LogP contribution in [0.2, 0.25) is 0 Å². The van der Waals surface area contributed by atoms with Crippen molar-refractivity contribution in [2.75, 3.05) is 4.90 Å². The van der Waals surface area contributed by atoms with Crippen molar-refractivity contribution >= 4 is 39.8 Å². The Morgan fingerprint density at radius 1 is 1.28 bits per heavy atom. The largest absolute Gasteiger partial charge is 0.433 e. The Kier molecular flexibility index (Phi) is 6.03. The molecule has 2 heterocycles. The molecule has 6 nitrogen and oxygen atoms in total. The summed E-state index contributed by atoms with van der Waals surface area (Å²) in [5.41, 5.74) is -1.74. The number of para-hydroxylation sites is 1. The first-order valence-corrected chi connectivity index (χ1v) is 9.82. The van der Waals surface area contributed by atoms with Crippen molar-refractivity contribution in [1.82, 2.24) is 15.0 Å². The molecule has 2 aromatic heterocycles. The molecule has 0 saturated heterocycles. The summed E-state index contributed by atoms with van der Waals surface area (Å²) in [6.07, 6.45) is -4.74. The summed E-state index contributed by atoms with van der Waals surface area (Å²) in [5, 5.41) is 1.59. The Bertz CT molecular complexity index is 1100. The number of benzene rings is 1. The summed E-state index contributed by atoms with van der Waals surface area (Å²) in [5.74, 6) is -0.962. The smallest absolute Gasteiger partial charge is 0.301 e. The van der Waals surface area contributed by atoms with Crippen molar-refractivity contribution in [2.24, 2.45) is 0 Å². The molecule has 3 rings (SSSR count). The van der Waals surface area contributed by atoms with E-state index < -0.39 is 29.2 Å². The van der Waals surface area contributed by atoms with Gasteiger partial charge >= 0.3 is 6.18 Å². The summed E-state index contributed by atoms with van der Waals surface area (Å²) in [6, 6.07) is 6.09. The predicted molar refractivity (Wildman–Crippen MR) is 101 cm³/mol. The number of thiazole rings is 1. The van der Waals surface area contributed by atoms with Crippen molar-refractivity contribution < 1.29 is 22.4 Å². The SMILES string of the molecule is CC(=O)N(c1nc(CSc2nc(C(F)(F)F)cc(=O)[nH]2)cs1)c1ccccc1F. The zero-order chi connectivity index (χ0) is 21.2. The fourth-order valence-corrected chi connectivity index (χ4v) is 4.05. The topological polar surface area (TPSA) is 79.0 Å². The summed E-state index contributed by atoms with van der Waals surface area (Å²) >= 11 is 1.93. The normalized spacial score (nSPS) is 11.5. The van der Waals surface area contributed by atoms with Gasteiger partial charge in [-0.25, -0.2) is 14.4 Å². The summed E-state index contributed by atoms with van der Waals surface area (Å²) < 4.78 is 52.4. The van der Waals surface area contributed by atoms with Crippen molar-refractivity contribution in [3.8, 4) is 0 Å². The molecule has 152 valence electrons. The second-order valence-electron chi connectivity index (χ2n) is 5.65. The van der Waals surface area contributed by atoms with E-state index >= 15 is 0 Å². The van der Waals surface area contributed by atoms with Crippen LogP contribution in [0.3, 0.4) is 0 Å². The number of nitrogens with one attached hydrogen (secondary N) is 1. The highest BCUT2D eigenvalue weighted by molar-refractivity contribution is 7.98. The van der Waals surface area contributed by atoms with Crippen LogP contribution in [0.25, 0.3) is 0 Å².